The SMILES string of the molecule is CC(=O)N(c1cccc(-n2c(=O)n(C3CC3)c(=O)c3c(Nc4ccc(I)cc4F)n(C)c(=O)c(C)c32)c1)c1ccccc1Cl. The molecule has 9 nitrogen and oxygen atoms in total. The lowest BCUT2D eigenvalue weighted by molar-refractivity contribution is -0.115. The molecule has 0 spiro atoms. The van der Waals surface area contributed by atoms with Crippen molar-refractivity contribution in [3.05, 3.63) is 118 Å². The van der Waals surface area contributed by atoms with Crippen LogP contribution in [0.3, 0.4) is 0 Å². The second-order valence-electron chi connectivity index (χ2n) is 10.7. The van der Waals surface area contributed by atoms with Crippen LogP contribution in [0.1, 0.15) is 31.4 Å². The standard InChI is InChI=1S/C32H26ClFIN5O4/c1-17-28-27(29(37(3)30(17)42)36-25-14-11-19(35)15-24(25)34)31(43)40(20-12-13-20)32(44)39(28)22-8-6-7-21(16-22)38(18(2)41)26-10-5-4-9-23(26)33/h4-11,14-16,20,36H,12-13H2,1-3H3. The van der Waals surface area contributed by atoms with Crippen molar-refractivity contribution in [3.8, 4) is 5.69 Å². The number of aromatic nitrogens is 3. The van der Waals surface area contributed by atoms with Gasteiger partial charge in [-0.05, 0) is 90.9 Å². The number of nitrogens with one attached hydrogen (secondary N) is 1. The van der Waals surface area contributed by atoms with Crippen LogP contribution in [-0.4, -0.2) is 19.6 Å². The number of fused-ring (bicyclic) bond motifs is 1. The van der Waals surface area contributed by atoms with Crippen molar-refractivity contribution < 1.29 is 9.18 Å². The maximum absolute atomic E-state index is 15.0. The molecule has 0 aliphatic heterocycles. The van der Waals surface area contributed by atoms with E-state index >= 15 is 0 Å². The molecular weight excluding hydrogens is 700 g/mol. The van der Waals surface area contributed by atoms with E-state index in [2.05, 4.69) is 5.32 Å². The first-order chi connectivity index (χ1) is 21.0. The predicted octanol–water partition coefficient (Wildman–Crippen LogP) is 6.32. The number of hydrogen-bond acceptors (Lipinski definition) is 5. The lowest BCUT2D eigenvalue weighted by atomic mass is 10.1. The lowest BCUT2D eigenvalue weighted by Gasteiger charge is -2.24. The summed E-state index contributed by atoms with van der Waals surface area (Å²) in [6, 6.07) is 17.8. The molecule has 12 heteroatoms. The summed E-state index contributed by atoms with van der Waals surface area (Å²) < 4.78 is 19.5. The number of benzene rings is 3. The van der Waals surface area contributed by atoms with E-state index in [0.717, 1.165) is 0 Å². The van der Waals surface area contributed by atoms with Crippen LogP contribution in [0, 0.1) is 16.3 Å². The van der Waals surface area contributed by atoms with E-state index in [1.54, 1.807) is 61.5 Å². The smallest absolute Gasteiger partial charge is 0.336 e. The third kappa shape index (κ3) is 5.03. The Morgan fingerprint density at radius 3 is 2.41 bits per heavy atom. The van der Waals surface area contributed by atoms with Gasteiger partial charge >= 0.3 is 5.69 Å². The summed E-state index contributed by atoms with van der Waals surface area (Å²) in [4.78, 5) is 56.2. The summed E-state index contributed by atoms with van der Waals surface area (Å²) in [6.07, 6.45) is 1.29. The normalized spacial score (nSPS) is 12.9. The van der Waals surface area contributed by atoms with Crippen molar-refractivity contribution in [1.29, 1.82) is 0 Å². The molecule has 2 heterocycles. The number of carbonyl (C=O) groups is 1. The zero-order chi connectivity index (χ0) is 31.4. The Balaban J connectivity index is 1.68. The van der Waals surface area contributed by atoms with E-state index in [1.165, 1.54) is 44.7 Å². The summed E-state index contributed by atoms with van der Waals surface area (Å²) in [7, 11) is 1.49. The second kappa shape index (κ2) is 11.4. The third-order valence-electron chi connectivity index (χ3n) is 7.69. The molecule has 0 radical (unpaired) electrons. The number of para-hydroxylation sites is 1. The van der Waals surface area contributed by atoms with Gasteiger partial charge < -0.3 is 5.32 Å². The Kier molecular flexibility index (Phi) is 7.70. The molecule has 0 atom stereocenters. The summed E-state index contributed by atoms with van der Waals surface area (Å²) >= 11 is 8.44. The van der Waals surface area contributed by atoms with Crippen LogP contribution < -0.4 is 27.0 Å². The van der Waals surface area contributed by atoms with Crippen LogP contribution >= 0.6 is 34.2 Å². The van der Waals surface area contributed by atoms with Gasteiger partial charge in [0.25, 0.3) is 11.1 Å². The molecule has 1 fully saturated rings. The molecule has 1 aliphatic carbocycles. The fraction of sp³-hybridized carbons (Fsp3) is 0.188. The highest BCUT2D eigenvalue weighted by molar-refractivity contribution is 14.1. The van der Waals surface area contributed by atoms with Gasteiger partial charge in [-0.3, -0.25) is 33.0 Å². The topological polar surface area (TPSA) is 98.3 Å². The highest BCUT2D eigenvalue weighted by atomic mass is 127. The number of halogens is 3. The summed E-state index contributed by atoms with van der Waals surface area (Å²) in [6.45, 7) is 2.95. The fourth-order valence-corrected chi connectivity index (χ4v) is 6.14. The van der Waals surface area contributed by atoms with Gasteiger partial charge in [-0.15, -0.1) is 0 Å². The number of rotatable bonds is 6. The molecule has 0 bridgehead atoms. The van der Waals surface area contributed by atoms with Crippen molar-refractivity contribution >= 4 is 73.9 Å². The lowest BCUT2D eigenvalue weighted by Crippen LogP contribution is -2.41. The molecule has 44 heavy (non-hydrogen) atoms. The Labute approximate surface area is 269 Å². The van der Waals surface area contributed by atoms with E-state index in [-0.39, 0.29) is 39.9 Å². The maximum atomic E-state index is 15.0. The van der Waals surface area contributed by atoms with Crippen molar-refractivity contribution in [1.82, 2.24) is 13.7 Å². The Hall–Kier alpha value is -4.23. The molecule has 2 aromatic heterocycles. The molecule has 0 unspecified atom stereocenters. The highest BCUT2D eigenvalue weighted by Crippen LogP contribution is 2.36. The zero-order valence-electron chi connectivity index (χ0n) is 23.9. The Morgan fingerprint density at radius 2 is 1.75 bits per heavy atom. The van der Waals surface area contributed by atoms with E-state index in [1.807, 2.05) is 22.6 Å². The molecule has 1 amide bonds. The number of nitrogens with zero attached hydrogens (tertiary/aromatic N) is 4. The van der Waals surface area contributed by atoms with Crippen LogP contribution in [0.15, 0.2) is 81.1 Å². The van der Waals surface area contributed by atoms with Gasteiger partial charge in [0.15, 0.2) is 0 Å². The first-order valence-corrected chi connectivity index (χ1v) is 15.2. The predicted molar refractivity (Wildman–Crippen MR) is 179 cm³/mol. The number of pyridine rings is 1. The quantitative estimate of drug-likeness (QED) is 0.207. The van der Waals surface area contributed by atoms with E-state index in [9.17, 15) is 23.6 Å². The number of aryl methyl sites for hydroxylation is 1. The van der Waals surface area contributed by atoms with Crippen molar-refractivity contribution in [3.63, 3.8) is 0 Å². The fourth-order valence-electron chi connectivity index (χ4n) is 5.47. The minimum atomic E-state index is -0.614. The summed E-state index contributed by atoms with van der Waals surface area (Å²) in [5, 5.41) is 3.39. The average Bonchev–Trinajstić information content (AvgIpc) is 3.82. The molecule has 6 rings (SSSR count). The minimum absolute atomic E-state index is 0.0569. The number of hydrogen-bond donors (Lipinski definition) is 1. The molecule has 0 saturated heterocycles. The van der Waals surface area contributed by atoms with Crippen molar-refractivity contribution in [2.24, 2.45) is 7.05 Å². The largest absolute Gasteiger partial charge is 0.338 e. The average molecular weight is 726 g/mol. The highest BCUT2D eigenvalue weighted by Gasteiger charge is 2.32. The number of carbonyl (C=O) groups excluding carboxylic acids is 1. The number of amides is 1. The second-order valence-corrected chi connectivity index (χ2v) is 12.3. The molecule has 5 aromatic rings. The van der Waals surface area contributed by atoms with Gasteiger partial charge in [0.1, 0.15) is 17.0 Å². The van der Waals surface area contributed by atoms with Crippen LogP contribution in [0.2, 0.25) is 5.02 Å². The van der Waals surface area contributed by atoms with Crippen LogP contribution in [0.5, 0.6) is 0 Å². The van der Waals surface area contributed by atoms with Gasteiger partial charge in [-0.2, -0.15) is 0 Å². The van der Waals surface area contributed by atoms with Crippen molar-refractivity contribution in [2.45, 2.75) is 32.7 Å². The summed E-state index contributed by atoms with van der Waals surface area (Å²) in [5.74, 6) is -0.821. The van der Waals surface area contributed by atoms with Crippen LogP contribution in [0.25, 0.3) is 16.6 Å². The zero-order valence-corrected chi connectivity index (χ0v) is 26.8. The molecule has 224 valence electrons. The molecule has 1 aliphatic rings. The maximum Gasteiger partial charge on any atom is 0.336 e. The minimum Gasteiger partial charge on any atom is -0.338 e. The van der Waals surface area contributed by atoms with Gasteiger partial charge in [0.2, 0.25) is 5.91 Å². The monoisotopic (exact) mass is 725 g/mol. The van der Waals surface area contributed by atoms with E-state index < -0.39 is 22.6 Å². The van der Waals surface area contributed by atoms with Crippen LogP contribution in [-0.2, 0) is 11.8 Å². The number of anilines is 4. The third-order valence-corrected chi connectivity index (χ3v) is 8.68. The Morgan fingerprint density at radius 1 is 1.02 bits per heavy atom. The first-order valence-electron chi connectivity index (χ1n) is 13.8. The van der Waals surface area contributed by atoms with Crippen LogP contribution in [0.4, 0.5) is 27.3 Å². The van der Waals surface area contributed by atoms with Gasteiger partial charge in [-0.25, -0.2) is 9.18 Å². The van der Waals surface area contributed by atoms with Gasteiger partial charge in [0, 0.05) is 29.1 Å². The summed E-state index contributed by atoms with van der Waals surface area (Å²) in [5.41, 5.74) is -0.132. The van der Waals surface area contributed by atoms with E-state index in [4.69, 9.17) is 11.6 Å². The molecule has 3 aromatic carbocycles. The molecule has 1 saturated carbocycles. The molecular formula is C32H26ClFIN5O4. The van der Waals surface area contributed by atoms with Gasteiger partial charge in [0.05, 0.1) is 33.3 Å². The Bertz CT molecular complexity index is 2190. The first kappa shape index (κ1) is 29.8. The van der Waals surface area contributed by atoms with Crippen molar-refractivity contribution in [2.75, 3.05) is 10.2 Å². The van der Waals surface area contributed by atoms with Gasteiger partial charge in [-0.1, -0.05) is 29.8 Å². The molecule has 1 N–H and O–H groups in total. The van der Waals surface area contributed by atoms with E-state index in [0.29, 0.717) is 38.5 Å².